The first-order valence-corrected chi connectivity index (χ1v) is 5.16. The van der Waals surface area contributed by atoms with E-state index in [1.165, 1.54) is 0 Å². The van der Waals surface area contributed by atoms with Crippen LogP contribution in [-0.2, 0) is 0 Å². The zero-order valence-electron chi connectivity index (χ0n) is 9.65. The Morgan fingerprint density at radius 2 is 1.35 bits per heavy atom. The Kier molecular flexibility index (Phi) is 3.70. The molecule has 106 valence electrons. The zero-order chi connectivity index (χ0) is 14.9. The summed E-state index contributed by atoms with van der Waals surface area (Å²) < 4.78 is 66.0. The van der Waals surface area contributed by atoms with E-state index in [0.717, 1.165) is 0 Å². The van der Waals surface area contributed by atoms with Crippen molar-refractivity contribution in [1.29, 1.82) is 0 Å². The summed E-state index contributed by atoms with van der Waals surface area (Å²) in [6, 6.07) is 1.22. The molecule has 2 aromatic rings. The van der Waals surface area contributed by atoms with Gasteiger partial charge in [-0.05, 0) is 0 Å². The lowest BCUT2D eigenvalue weighted by Gasteiger charge is -2.11. The first kappa shape index (κ1) is 14.0. The molecule has 4 N–H and O–H groups in total. The zero-order valence-corrected chi connectivity index (χ0v) is 9.65. The molecule has 1 aromatic carbocycles. The van der Waals surface area contributed by atoms with E-state index in [1.807, 2.05) is 10.7 Å². The molecule has 0 radical (unpaired) electrons. The molecule has 1 heterocycles. The number of hydrogen-bond donors (Lipinski definition) is 3. The fraction of sp³-hybridized carbons (Fsp3) is 0. The Balaban J connectivity index is 2.45. The molecule has 0 bridgehead atoms. The van der Waals surface area contributed by atoms with Crippen LogP contribution < -0.4 is 16.6 Å². The highest BCUT2D eigenvalue weighted by atomic mass is 19.2. The minimum atomic E-state index is -1.30. The lowest BCUT2D eigenvalue weighted by molar-refractivity contribution is 0.547. The highest BCUT2D eigenvalue weighted by Crippen LogP contribution is 2.26. The summed E-state index contributed by atoms with van der Waals surface area (Å²) in [6.45, 7) is 0. The van der Waals surface area contributed by atoms with Crippen molar-refractivity contribution in [2.75, 3.05) is 10.7 Å². The van der Waals surface area contributed by atoms with Crippen molar-refractivity contribution >= 4 is 17.3 Å². The van der Waals surface area contributed by atoms with E-state index in [1.54, 1.807) is 0 Å². The quantitative estimate of drug-likeness (QED) is 0.462. The van der Waals surface area contributed by atoms with Gasteiger partial charge in [-0.15, -0.1) is 0 Å². The summed E-state index contributed by atoms with van der Waals surface area (Å²) in [4.78, 5) is 3.37. The number of nitrogens with two attached hydrogens (primary N) is 1. The first-order valence-electron chi connectivity index (χ1n) is 5.16. The summed E-state index contributed by atoms with van der Waals surface area (Å²) >= 11 is 0. The van der Waals surface area contributed by atoms with Gasteiger partial charge < -0.3 is 10.7 Å². The molecular weight excluding hydrogens is 283 g/mol. The van der Waals surface area contributed by atoms with Crippen molar-refractivity contribution in [2.24, 2.45) is 5.84 Å². The van der Waals surface area contributed by atoms with Gasteiger partial charge in [0.05, 0.1) is 0 Å². The number of halogens is 5. The molecule has 0 unspecified atom stereocenters. The molecule has 1 aromatic heterocycles. The van der Waals surface area contributed by atoms with Crippen molar-refractivity contribution < 1.29 is 22.0 Å². The lowest BCUT2D eigenvalue weighted by Crippen LogP contribution is -2.12. The molecule has 0 aliphatic heterocycles. The Bertz CT molecular complexity index is 638. The molecule has 4 nitrogen and oxygen atoms in total. The molecular formula is C11H7F5N4. The molecule has 0 aliphatic carbocycles. The molecule has 2 rings (SSSR count). The van der Waals surface area contributed by atoms with Crippen LogP contribution in [0.2, 0.25) is 0 Å². The third-order valence-corrected chi connectivity index (χ3v) is 2.32. The average molecular weight is 290 g/mol. The fourth-order valence-electron chi connectivity index (χ4n) is 1.44. The van der Waals surface area contributed by atoms with E-state index >= 15 is 0 Å². The second kappa shape index (κ2) is 5.29. The van der Waals surface area contributed by atoms with Gasteiger partial charge in [-0.1, -0.05) is 0 Å². The van der Waals surface area contributed by atoms with E-state index in [4.69, 9.17) is 5.84 Å². The number of rotatable bonds is 3. The molecule has 20 heavy (non-hydrogen) atoms. The average Bonchev–Trinajstić information content (AvgIpc) is 2.35. The predicted octanol–water partition coefficient (Wildman–Crippen LogP) is 2.81. The second-order valence-corrected chi connectivity index (χ2v) is 3.66. The smallest absolute Gasteiger partial charge is 0.178 e. The Labute approximate surface area is 109 Å². The maximum Gasteiger partial charge on any atom is 0.178 e. The van der Waals surface area contributed by atoms with Gasteiger partial charge in [0.1, 0.15) is 11.5 Å². The number of nitrogens with one attached hydrogen (secondary N) is 2. The molecule has 0 spiro atoms. The Morgan fingerprint density at radius 1 is 0.800 bits per heavy atom. The van der Waals surface area contributed by atoms with Crippen molar-refractivity contribution in [3.05, 3.63) is 47.3 Å². The maximum absolute atomic E-state index is 13.4. The number of hydrazine groups is 1. The standard InChI is InChI=1S/C11H7F5N4/c12-4-1-5(13)9(6(14)2-4)18-10-7(15)3-8(16)11(19-10)20-17/h1-3H,17H2,(H2,18,19,20). The van der Waals surface area contributed by atoms with Crippen molar-refractivity contribution in [3.63, 3.8) is 0 Å². The highest BCUT2D eigenvalue weighted by molar-refractivity contribution is 5.60. The van der Waals surface area contributed by atoms with Crippen LogP contribution >= 0.6 is 0 Å². The molecule has 0 amide bonds. The Morgan fingerprint density at radius 3 is 1.90 bits per heavy atom. The van der Waals surface area contributed by atoms with Crippen LogP contribution in [0, 0.1) is 29.1 Å². The number of hydrogen-bond acceptors (Lipinski definition) is 4. The number of aromatic nitrogens is 1. The van der Waals surface area contributed by atoms with Crippen LogP contribution in [0.15, 0.2) is 18.2 Å². The Hall–Kier alpha value is -2.42. The maximum atomic E-state index is 13.4. The minimum Gasteiger partial charge on any atom is -0.333 e. The van der Waals surface area contributed by atoms with Crippen LogP contribution in [0.25, 0.3) is 0 Å². The largest absolute Gasteiger partial charge is 0.333 e. The van der Waals surface area contributed by atoms with Gasteiger partial charge in [0.25, 0.3) is 0 Å². The SMILES string of the molecule is NNc1nc(Nc2c(F)cc(F)cc2F)c(F)cc1F. The van der Waals surface area contributed by atoms with Gasteiger partial charge in [0.15, 0.2) is 34.9 Å². The van der Waals surface area contributed by atoms with E-state index in [9.17, 15) is 22.0 Å². The van der Waals surface area contributed by atoms with Gasteiger partial charge >= 0.3 is 0 Å². The third-order valence-electron chi connectivity index (χ3n) is 2.32. The predicted molar refractivity (Wildman–Crippen MR) is 61.6 cm³/mol. The van der Waals surface area contributed by atoms with Crippen molar-refractivity contribution in [3.8, 4) is 0 Å². The van der Waals surface area contributed by atoms with E-state index in [0.29, 0.717) is 18.2 Å². The summed E-state index contributed by atoms with van der Waals surface area (Å²) in [5.41, 5.74) is 1.02. The lowest BCUT2D eigenvalue weighted by atomic mass is 10.2. The van der Waals surface area contributed by atoms with E-state index in [-0.39, 0.29) is 0 Å². The van der Waals surface area contributed by atoms with Crippen LogP contribution in [0.4, 0.5) is 39.3 Å². The van der Waals surface area contributed by atoms with Crippen molar-refractivity contribution in [1.82, 2.24) is 4.98 Å². The molecule has 9 heteroatoms. The normalized spacial score (nSPS) is 10.5. The number of anilines is 3. The van der Waals surface area contributed by atoms with Gasteiger partial charge in [-0.3, -0.25) is 0 Å². The third kappa shape index (κ3) is 2.62. The minimum absolute atomic E-state index is 0.398. The second-order valence-electron chi connectivity index (χ2n) is 3.66. The van der Waals surface area contributed by atoms with Crippen LogP contribution in [0.1, 0.15) is 0 Å². The number of pyridine rings is 1. The van der Waals surface area contributed by atoms with E-state index < -0.39 is 46.4 Å². The van der Waals surface area contributed by atoms with Gasteiger partial charge in [-0.25, -0.2) is 32.8 Å². The first-order chi connectivity index (χ1) is 9.42. The van der Waals surface area contributed by atoms with Gasteiger partial charge in [0.2, 0.25) is 0 Å². The van der Waals surface area contributed by atoms with Crippen LogP contribution in [0.5, 0.6) is 0 Å². The molecule has 0 aliphatic rings. The molecule has 0 atom stereocenters. The monoisotopic (exact) mass is 290 g/mol. The van der Waals surface area contributed by atoms with Crippen molar-refractivity contribution in [2.45, 2.75) is 0 Å². The molecule has 0 saturated heterocycles. The van der Waals surface area contributed by atoms with E-state index in [2.05, 4.69) is 4.98 Å². The summed E-state index contributed by atoms with van der Waals surface area (Å²) in [5.74, 6) is -2.29. The molecule has 0 fully saturated rings. The summed E-state index contributed by atoms with van der Waals surface area (Å²) in [7, 11) is 0. The fourth-order valence-corrected chi connectivity index (χ4v) is 1.44. The molecule has 0 saturated carbocycles. The summed E-state index contributed by atoms with van der Waals surface area (Å²) in [5, 5.41) is 1.97. The number of benzene rings is 1. The van der Waals surface area contributed by atoms with Crippen LogP contribution in [0.3, 0.4) is 0 Å². The van der Waals surface area contributed by atoms with Gasteiger partial charge in [0, 0.05) is 18.2 Å². The topological polar surface area (TPSA) is 63.0 Å². The van der Waals surface area contributed by atoms with Gasteiger partial charge in [-0.2, -0.15) is 0 Å². The summed E-state index contributed by atoms with van der Waals surface area (Å²) in [6.07, 6.45) is 0. The number of nitrogens with zero attached hydrogens (tertiary/aromatic N) is 1. The van der Waals surface area contributed by atoms with Crippen LogP contribution in [-0.4, -0.2) is 4.98 Å². The number of nitrogen functional groups attached to an aromatic ring is 1. The highest BCUT2D eigenvalue weighted by Gasteiger charge is 2.16.